The van der Waals surface area contributed by atoms with E-state index in [-0.39, 0.29) is 11.4 Å². The molecule has 25 heavy (non-hydrogen) atoms. The van der Waals surface area contributed by atoms with Crippen molar-refractivity contribution < 1.29 is 9.13 Å². The molecule has 0 spiro atoms. The molecule has 1 aliphatic rings. The maximum Gasteiger partial charge on any atom is 0.191 e. The fraction of sp³-hybridized carbons (Fsp3) is 0.632. The number of likely N-dealkylation sites (N-methyl/N-ethyl adjacent to an activating group) is 1. The first-order valence-electron chi connectivity index (χ1n) is 8.91. The molecule has 1 aromatic rings. The van der Waals surface area contributed by atoms with Crippen LogP contribution in [0.5, 0.6) is 0 Å². The predicted molar refractivity (Wildman–Crippen MR) is 101 cm³/mol. The van der Waals surface area contributed by atoms with Gasteiger partial charge in [0.05, 0.1) is 0 Å². The van der Waals surface area contributed by atoms with Crippen LogP contribution in [0.2, 0.25) is 0 Å². The lowest BCUT2D eigenvalue weighted by Crippen LogP contribution is -2.57. The Bertz CT molecular complexity index is 583. The van der Waals surface area contributed by atoms with E-state index >= 15 is 0 Å². The molecule has 0 aromatic heterocycles. The van der Waals surface area contributed by atoms with E-state index in [9.17, 15) is 4.39 Å². The van der Waals surface area contributed by atoms with Crippen molar-refractivity contribution in [2.75, 3.05) is 47.4 Å². The van der Waals surface area contributed by atoms with Gasteiger partial charge in [-0.15, -0.1) is 0 Å². The fourth-order valence-electron chi connectivity index (χ4n) is 3.26. The summed E-state index contributed by atoms with van der Waals surface area (Å²) in [6.45, 7) is 5.13. The first-order chi connectivity index (χ1) is 12.0. The molecular formula is C19H31FN4O. The van der Waals surface area contributed by atoms with Gasteiger partial charge in [-0.2, -0.15) is 0 Å². The fourth-order valence-corrected chi connectivity index (χ4v) is 3.26. The molecule has 0 atom stereocenters. The average Bonchev–Trinajstić information content (AvgIpc) is 2.60. The van der Waals surface area contributed by atoms with Crippen LogP contribution in [0.25, 0.3) is 0 Å². The molecule has 1 saturated heterocycles. The van der Waals surface area contributed by atoms with Gasteiger partial charge in [0.15, 0.2) is 5.96 Å². The highest BCUT2D eigenvalue weighted by atomic mass is 19.1. The number of ether oxygens (including phenoxy) is 1. The zero-order valence-corrected chi connectivity index (χ0v) is 15.9. The molecule has 0 bridgehead atoms. The van der Waals surface area contributed by atoms with Crippen LogP contribution in [-0.4, -0.2) is 63.8 Å². The van der Waals surface area contributed by atoms with E-state index in [1.54, 1.807) is 13.1 Å². The zero-order valence-electron chi connectivity index (χ0n) is 15.9. The van der Waals surface area contributed by atoms with E-state index in [4.69, 9.17) is 4.74 Å². The van der Waals surface area contributed by atoms with Gasteiger partial charge in [-0.25, -0.2) is 4.39 Å². The van der Waals surface area contributed by atoms with Crippen LogP contribution >= 0.6 is 0 Å². The third kappa shape index (κ3) is 5.41. The second kappa shape index (κ2) is 9.15. The molecular weight excluding hydrogens is 319 g/mol. The molecule has 1 fully saturated rings. The van der Waals surface area contributed by atoms with Crippen LogP contribution in [0.1, 0.15) is 24.0 Å². The number of hydrogen-bond acceptors (Lipinski definition) is 3. The summed E-state index contributed by atoms with van der Waals surface area (Å²) in [5.41, 5.74) is 2.24. The molecule has 0 radical (unpaired) electrons. The van der Waals surface area contributed by atoms with Crippen LogP contribution in [-0.2, 0) is 11.2 Å². The minimum Gasteiger partial charge on any atom is -0.381 e. The van der Waals surface area contributed by atoms with E-state index in [1.165, 1.54) is 6.07 Å². The average molecular weight is 350 g/mol. The topological polar surface area (TPSA) is 48.9 Å². The molecule has 1 aliphatic heterocycles. The van der Waals surface area contributed by atoms with Crippen LogP contribution in [0.4, 0.5) is 4.39 Å². The highest BCUT2D eigenvalue weighted by Gasteiger charge is 2.34. The first-order valence-corrected chi connectivity index (χ1v) is 8.91. The second-order valence-corrected chi connectivity index (χ2v) is 6.90. The van der Waals surface area contributed by atoms with Crippen LogP contribution in [0.15, 0.2) is 23.2 Å². The van der Waals surface area contributed by atoms with Gasteiger partial charge in [0.1, 0.15) is 5.82 Å². The Kier molecular flexibility index (Phi) is 7.20. The van der Waals surface area contributed by atoms with E-state index in [1.807, 2.05) is 13.0 Å². The highest BCUT2D eigenvalue weighted by molar-refractivity contribution is 5.79. The predicted octanol–water partition coefficient (Wildman–Crippen LogP) is 1.95. The Morgan fingerprint density at radius 3 is 2.60 bits per heavy atom. The molecule has 2 N–H and O–H groups in total. The van der Waals surface area contributed by atoms with Crippen molar-refractivity contribution >= 4 is 5.96 Å². The van der Waals surface area contributed by atoms with Crippen molar-refractivity contribution in [3.05, 3.63) is 35.1 Å². The maximum atomic E-state index is 13.2. The zero-order chi connectivity index (χ0) is 18.3. The van der Waals surface area contributed by atoms with E-state index in [0.29, 0.717) is 0 Å². The van der Waals surface area contributed by atoms with Crippen LogP contribution in [0, 0.1) is 12.7 Å². The van der Waals surface area contributed by atoms with Gasteiger partial charge in [-0.05, 0) is 63.5 Å². The van der Waals surface area contributed by atoms with Crippen LogP contribution < -0.4 is 10.6 Å². The maximum absolute atomic E-state index is 13.2. The molecule has 1 aromatic carbocycles. The number of guanidine groups is 1. The Morgan fingerprint density at radius 1 is 1.28 bits per heavy atom. The number of nitrogens with zero attached hydrogens (tertiary/aromatic N) is 2. The lowest BCUT2D eigenvalue weighted by molar-refractivity contribution is -0.00500. The normalized spacial score (nSPS) is 17.6. The van der Waals surface area contributed by atoms with Crippen molar-refractivity contribution in [3.63, 3.8) is 0 Å². The van der Waals surface area contributed by atoms with Gasteiger partial charge in [0, 0.05) is 38.9 Å². The quantitative estimate of drug-likeness (QED) is 0.608. The minimum atomic E-state index is -0.183. The molecule has 0 amide bonds. The van der Waals surface area contributed by atoms with Crippen LogP contribution in [0.3, 0.4) is 0 Å². The number of aliphatic imine (C=N–C) groups is 1. The Morgan fingerprint density at radius 2 is 2.00 bits per heavy atom. The summed E-state index contributed by atoms with van der Waals surface area (Å²) >= 11 is 0. The summed E-state index contributed by atoms with van der Waals surface area (Å²) in [5.74, 6) is 0.615. The number of rotatable bonds is 6. The van der Waals surface area contributed by atoms with Crippen molar-refractivity contribution in [3.8, 4) is 0 Å². The van der Waals surface area contributed by atoms with Gasteiger partial charge in [-0.1, -0.05) is 6.07 Å². The van der Waals surface area contributed by atoms with Gasteiger partial charge in [-0.3, -0.25) is 4.99 Å². The van der Waals surface area contributed by atoms with Crippen molar-refractivity contribution in [2.45, 2.75) is 31.7 Å². The summed E-state index contributed by atoms with van der Waals surface area (Å²) in [7, 11) is 6.03. The summed E-state index contributed by atoms with van der Waals surface area (Å²) in [5, 5.41) is 6.80. The number of hydrogen-bond donors (Lipinski definition) is 2. The van der Waals surface area contributed by atoms with E-state index in [2.05, 4.69) is 34.6 Å². The van der Waals surface area contributed by atoms with Gasteiger partial charge in [0.2, 0.25) is 0 Å². The molecule has 140 valence electrons. The summed E-state index contributed by atoms with van der Waals surface area (Å²) < 4.78 is 18.7. The Balaban J connectivity index is 1.84. The molecule has 0 saturated carbocycles. The Labute approximate surface area is 150 Å². The third-order valence-electron chi connectivity index (χ3n) is 5.17. The van der Waals surface area contributed by atoms with E-state index in [0.717, 1.165) is 62.7 Å². The molecule has 5 nitrogen and oxygen atoms in total. The second-order valence-electron chi connectivity index (χ2n) is 6.90. The summed E-state index contributed by atoms with van der Waals surface area (Å²) in [4.78, 5) is 6.60. The number of aryl methyl sites for hydroxylation is 1. The van der Waals surface area contributed by atoms with Gasteiger partial charge in [0.25, 0.3) is 0 Å². The lowest BCUT2D eigenvalue weighted by Gasteiger charge is -2.43. The van der Waals surface area contributed by atoms with Crippen molar-refractivity contribution in [1.29, 1.82) is 0 Å². The van der Waals surface area contributed by atoms with Crippen molar-refractivity contribution in [1.82, 2.24) is 15.5 Å². The first kappa shape index (κ1) is 19.7. The summed E-state index contributed by atoms with van der Waals surface area (Å²) in [6, 6.07) is 4.95. The smallest absolute Gasteiger partial charge is 0.191 e. The van der Waals surface area contributed by atoms with Gasteiger partial charge < -0.3 is 20.3 Å². The highest BCUT2D eigenvalue weighted by Crippen LogP contribution is 2.24. The molecule has 6 heteroatoms. The van der Waals surface area contributed by atoms with Crippen molar-refractivity contribution in [2.24, 2.45) is 4.99 Å². The SMILES string of the molecule is CN=C(NCCc1ccc(F)cc1C)NCC1(N(C)C)CCOCC1. The molecule has 0 aliphatic carbocycles. The minimum absolute atomic E-state index is 0.101. The third-order valence-corrected chi connectivity index (χ3v) is 5.17. The largest absolute Gasteiger partial charge is 0.381 e. The van der Waals surface area contributed by atoms with Gasteiger partial charge >= 0.3 is 0 Å². The summed E-state index contributed by atoms with van der Waals surface area (Å²) in [6.07, 6.45) is 2.86. The monoisotopic (exact) mass is 350 g/mol. The number of halogens is 1. The van der Waals surface area contributed by atoms with E-state index < -0.39 is 0 Å². The molecule has 2 rings (SSSR count). The number of nitrogens with one attached hydrogen (secondary N) is 2. The number of benzene rings is 1. The standard InChI is InChI=1S/C19H31FN4O/c1-15-13-17(20)6-5-16(15)7-10-22-18(21-2)23-14-19(24(3)4)8-11-25-12-9-19/h5-6,13H,7-12,14H2,1-4H3,(H2,21,22,23). The lowest BCUT2D eigenvalue weighted by atomic mass is 9.88. The Hall–Kier alpha value is -1.66. The molecule has 0 unspecified atom stereocenters. The molecule has 1 heterocycles.